The summed E-state index contributed by atoms with van der Waals surface area (Å²) in [5.74, 6) is -2.32. The van der Waals surface area contributed by atoms with Gasteiger partial charge in [0.2, 0.25) is 0 Å². The second kappa shape index (κ2) is 4.56. The Morgan fingerprint density at radius 1 is 1.38 bits per heavy atom. The molecular formula is C7H9F3N2O4. The molecule has 1 amide bonds. The van der Waals surface area contributed by atoms with Crippen molar-refractivity contribution in [2.75, 3.05) is 13.1 Å². The summed E-state index contributed by atoms with van der Waals surface area (Å²) in [4.78, 5) is 20.8. The van der Waals surface area contributed by atoms with Crippen molar-refractivity contribution in [3.63, 3.8) is 0 Å². The van der Waals surface area contributed by atoms with Crippen molar-refractivity contribution in [2.45, 2.75) is 18.3 Å². The Kier molecular flexibility index (Phi) is 3.58. The minimum atomic E-state index is -5.07. The highest BCUT2D eigenvalue weighted by Crippen LogP contribution is 2.19. The SMILES string of the molecule is O=C(O)NC1CNCC1OC(=O)C(F)(F)F. The lowest BCUT2D eigenvalue weighted by molar-refractivity contribution is -0.204. The Labute approximate surface area is 87.8 Å². The number of esters is 1. The van der Waals surface area contributed by atoms with E-state index < -0.39 is 30.4 Å². The monoisotopic (exact) mass is 242 g/mol. The third-order valence-corrected chi connectivity index (χ3v) is 1.96. The molecule has 1 rings (SSSR count). The lowest BCUT2D eigenvalue weighted by Gasteiger charge is -2.19. The number of ether oxygens (including phenoxy) is 1. The van der Waals surface area contributed by atoms with Gasteiger partial charge in [0.05, 0.1) is 6.04 Å². The van der Waals surface area contributed by atoms with E-state index in [0.29, 0.717) is 0 Å². The number of amides is 1. The van der Waals surface area contributed by atoms with Crippen LogP contribution in [-0.2, 0) is 9.53 Å². The third kappa shape index (κ3) is 3.26. The first-order valence-electron chi connectivity index (χ1n) is 4.28. The van der Waals surface area contributed by atoms with Crippen LogP contribution in [0, 0.1) is 0 Å². The molecule has 0 saturated carbocycles. The van der Waals surface area contributed by atoms with Crippen LogP contribution in [0.25, 0.3) is 0 Å². The Morgan fingerprint density at radius 2 is 2.00 bits per heavy atom. The summed E-state index contributed by atoms with van der Waals surface area (Å²) in [5, 5.41) is 13.0. The molecule has 1 aliphatic rings. The molecule has 92 valence electrons. The van der Waals surface area contributed by atoms with E-state index in [1.165, 1.54) is 0 Å². The predicted molar refractivity (Wildman–Crippen MR) is 43.8 cm³/mol. The van der Waals surface area contributed by atoms with Crippen molar-refractivity contribution in [3.8, 4) is 0 Å². The molecule has 6 nitrogen and oxygen atoms in total. The number of hydrogen-bond acceptors (Lipinski definition) is 4. The van der Waals surface area contributed by atoms with Crippen molar-refractivity contribution in [3.05, 3.63) is 0 Å². The van der Waals surface area contributed by atoms with Crippen molar-refractivity contribution in [2.24, 2.45) is 0 Å². The van der Waals surface area contributed by atoms with E-state index in [-0.39, 0.29) is 13.1 Å². The fourth-order valence-corrected chi connectivity index (χ4v) is 1.29. The van der Waals surface area contributed by atoms with Gasteiger partial charge in [-0.2, -0.15) is 13.2 Å². The largest absolute Gasteiger partial charge is 0.490 e. The number of halogens is 3. The summed E-state index contributed by atoms with van der Waals surface area (Å²) in [6.45, 7) is 0.0921. The van der Waals surface area contributed by atoms with E-state index in [1.807, 2.05) is 5.32 Å². The fraction of sp³-hybridized carbons (Fsp3) is 0.714. The van der Waals surface area contributed by atoms with Gasteiger partial charge in [0.1, 0.15) is 6.10 Å². The van der Waals surface area contributed by atoms with E-state index in [2.05, 4.69) is 10.1 Å². The van der Waals surface area contributed by atoms with Gasteiger partial charge in [0, 0.05) is 13.1 Å². The Bertz CT molecular complexity index is 294. The summed E-state index contributed by atoms with van der Waals surface area (Å²) in [6, 6.07) is -0.871. The molecule has 1 saturated heterocycles. The molecule has 1 heterocycles. The van der Waals surface area contributed by atoms with Gasteiger partial charge in [0.25, 0.3) is 0 Å². The molecule has 0 aliphatic carbocycles. The van der Waals surface area contributed by atoms with E-state index in [4.69, 9.17) is 5.11 Å². The van der Waals surface area contributed by atoms with Gasteiger partial charge in [-0.15, -0.1) is 0 Å². The molecule has 2 atom stereocenters. The molecule has 2 unspecified atom stereocenters. The topological polar surface area (TPSA) is 87.7 Å². The number of carboxylic acid groups (broad SMARTS) is 1. The number of carbonyl (C=O) groups excluding carboxylic acids is 1. The molecular weight excluding hydrogens is 233 g/mol. The second-order valence-electron chi connectivity index (χ2n) is 3.16. The lowest BCUT2D eigenvalue weighted by Crippen LogP contribution is -2.45. The average molecular weight is 242 g/mol. The molecule has 0 aromatic carbocycles. The maximum absolute atomic E-state index is 11.9. The first-order chi connectivity index (χ1) is 7.30. The Balaban J connectivity index is 2.53. The van der Waals surface area contributed by atoms with Crippen molar-refractivity contribution >= 4 is 12.1 Å². The van der Waals surface area contributed by atoms with Crippen LogP contribution in [0.4, 0.5) is 18.0 Å². The summed E-state index contributed by atoms with van der Waals surface area (Å²) in [7, 11) is 0. The normalized spacial score (nSPS) is 25.2. The highest BCUT2D eigenvalue weighted by atomic mass is 19.4. The predicted octanol–water partition coefficient (Wildman–Crippen LogP) is -0.300. The zero-order chi connectivity index (χ0) is 12.3. The fourth-order valence-electron chi connectivity index (χ4n) is 1.29. The number of rotatable bonds is 2. The maximum atomic E-state index is 11.9. The van der Waals surface area contributed by atoms with E-state index in [1.54, 1.807) is 0 Å². The summed E-state index contributed by atoms with van der Waals surface area (Å²) < 4.78 is 39.7. The number of alkyl halides is 3. The minimum Gasteiger partial charge on any atom is -0.465 e. The average Bonchev–Trinajstić information content (AvgIpc) is 2.50. The zero-order valence-corrected chi connectivity index (χ0v) is 7.87. The smallest absolute Gasteiger partial charge is 0.465 e. The van der Waals surface area contributed by atoms with Crippen LogP contribution >= 0.6 is 0 Å². The van der Waals surface area contributed by atoms with Crippen molar-refractivity contribution < 1.29 is 32.6 Å². The lowest BCUT2D eigenvalue weighted by atomic mass is 10.2. The minimum absolute atomic E-state index is 0.0211. The van der Waals surface area contributed by atoms with Crippen LogP contribution in [0.1, 0.15) is 0 Å². The molecule has 1 fully saturated rings. The highest BCUT2D eigenvalue weighted by Gasteiger charge is 2.44. The number of nitrogens with one attached hydrogen (secondary N) is 2. The molecule has 0 radical (unpaired) electrons. The van der Waals surface area contributed by atoms with Crippen LogP contribution in [-0.4, -0.2) is 48.6 Å². The molecule has 0 bridgehead atoms. The molecule has 0 aromatic rings. The molecule has 0 aromatic heterocycles. The Hall–Kier alpha value is -1.51. The van der Waals surface area contributed by atoms with Crippen molar-refractivity contribution in [1.82, 2.24) is 10.6 Å². The summed E-state index contributed by atoms with van der Waals surface area (Å²) in [6.07, 6.45) is -7.61. The van der Waals surface area contributed by atoms with Crippen LogP contribution in [0.3, 0.4) is 0 Å². The first kappa shape index (κ1) is 12.6. The van der Waals surface area contributed by atoms with E-state index in [0.717, 1.165) is 0 Å². The first-order valence-corrected chi connectivity index (χ1v) is 4.28. The molecule has 3 N–H and O–H groups in total. The molecule has 1 aliphatic heterocycles. The van der Waals surface area contributed by atoms with Gasteiger partial charge in [-0.1, -0.05) is 0 Å². The van der Waals surface area contributed by atoms with Gasteiger partial charge in [-0.05, 0) is 0 Å². The maximum Gasteiger partial charge on any atom is 0.490 e. The van der Waals surface area contributed by atoms with Gasteiger partial charge in [-0.25, -0.2) is 9.59 Å². The molecule has 9 heteroatoms. The standard InChI is InChI=1S/C7H9F3N2O4/c8-7(9,10)5(13)16-4-2-11-1-3(4)12-6(14)15/h3-4,11-12H,1-2H2,(H,14,15). The summed E-state index contributed by atoms with van der Waals surface area (Å²) >= 11 is 0. The van der Waals surface area contributed by atoms with Gasteiger partial charge in [0.15, 0.2) is 0 Å². The van der Waals surface area contributed by atoms with Crippen molar-refractivity contribution in [1.29, 1.82) is 0 Å². The second-order valence-corrected chi connectivity index (χ2v) is 3.16. The van der Waals surface area contributed by atoms with Crippen LogP contribution in [0.2, 0.25) is 0 Å². The highest BCUT2D eigenvalue weighted by molar-refractivity contribution is 5.76. The molecule has 16 heavy (non-hydrogen) atoms. The van der Waals surface area contributed by atoms with Crippen LogP contribution in [0.5, 0.6) is 0 Å². The van der Waals surface area contributed by atoms with E-state index >= 15 is 0 Å². The van der Waals surface area contributed by atoms with Crippen LogP contribution < -0.4 is 10.6 Å². The van der Waals surface area contributed by atoms with Crippen LogP contribution in [0.15, 0.2) is 0 Å². The van der Waals surface area contributed by atoms with E-state index in [9.17, 15) is 22.8 Å². The quantitative estimate of drug-likeness (QED) is 0.579. The number of hydrogen-bond donors (Lipinski definition) is 3. The van der Waals surface area contributed by atoms with Gasteiger partial charge < -0.3 is 20.5 Å². The zero-order valence-electron chi connectivity index (χ0n) is 7.87. The van der Waals surface area contributed by atoms with Gasteiger partial charge in [-0.3, -0.25) is 0 Å². The van der Waals surface area contributed by atoms with Gasteiger partial charge >= 0.3 is 18.2 Å². The Morgan fingerprint density at radius 3 is 2.50 bits per heavy atom. The summed E-state index contributed by atoms with van der Waals surface area (Å²) in [5.41, 5.74) is 0. The third-order valence-electron chi connectivity index (χ3n) is 1.96. The molecule has 0 spiro atoms. The number of carbonyl (C=O) groups is 2.